The first kappa shape index (κ1) is 17.9. The van der Waals surface area contributed by atoms with Gasteiger partial charge in [0.1, 0.15) is 0 Å². The Kier molecular flexibility index (Phi) is 6.19. The first-order valence-corrected chi connectivity index (χ1v) is 8.59. The van der Waals surface area contributed by atoms with Gasteiger partial charge in [-0.1, -0.05) is 13.8 Å². The van der Waals surface area contributed by atoms with Crippen LogP contribution in [0.15, 0.2) is 29.2 Å². The Morgan fingerprint density at radius 1 is 1.19 bits per heavy atom. The molecule has 0 amide bonds. The van der Waals surface area contributed by atoms with Crippen LogP contribution in [-0.4, -0.2) is 39.9 Å². The van der Waals surface area contributed by atoms with Crippen molar-refractivity contribution < 1.29 is 8.42 Å². The van der Waals surface area contributed by atoms with E-state index in [-0.39, 0.29) is 5.41 Å². The molecular formula is C15H27N3O2S. The smallest absolute Gasteiger partial charge is 0.242 e. The minimum absolute atomic E-state index is 0.160. The number of nitrogens with one attached hydrogen (secondary N) is 1. The van der Waals surface area contributed by atoms with E-state index < -0.39 is 10.0 Å². The minimum Gasteiger partial charge on any atom is -0.385 e. The van der Waals surface area contributed by atoms with Crippen LogP contribution >= 0.6 is 0 Å². The highest BCUT2D eigenvalue weighted by molar-refractivity contribution is 7.89. The van der Waals surface area contributed by atoms with Gasteiger partial charge in [0.25, 0.3) is 0 Å². The van der Waals surface area contributed by atoms with Gasteiger partial charge in [0.05, 0.1) is 4.90 Å². The lowest BCUT2D eigenvalue weighted by molar-refractivity contribution is 0.350. The molecule has 0 fully saturated rings. The lowest BCUT2D eigenvalue weighted by Gasteiger charge is -2.25. The summed E-state index contributed by atoms with van der Waals surface area (Å²) in [7, 11) is -0.299. The molecule has 0 spiro atoms. The van der Waals surface area contributed by atoms with Crippen LogP contribution in [0.25, 0.3) is 0 Å². The number of sulfonamides is 1. The van der Waals surface area contributed by atoms with Crippen LogP contribution in [-0.2, 0) is 10.0 Å². The van der Waals surface area contributed by atoms with E-state index in [0.29, 0.717) is 11.4 Å². The number of benzene rings is 1. The zero-order chi connectivity index (χ0) is 16.1. The van der Waals surface area contributed by atoms with Gasteiger partial charge in [0.15, 0.2) is 0 Å². The van der Waals surface area contributed by atoms with Crippen molar-refractivity contribution in [2.75, 3.05) is 32.5 Å². The molecule has 0 bridgehead atoms. The first-order valence-electron chi connectivity index (χ1n) is 7.15. The van der Waals surface area contributed by atoms with Crippen LogP contribution in [0.3, 0.4) is 0 Å². The molecule has 21 heavy (non-hydrogen) atoms. The molecule has 0 aliphatic heterocycles. The first-order chi connectivity index (χ1) is 9.69. The molecule has 1 aromatic rings. The number of rotatable bonds is 8. The molecule has 0 saturated heterocycles. The third-order valence-electron chi connectivity index (χ3n) is 3.46. The fourth-order valence-corrected chi connectivity index (χ4v) is 2.87. The largest absolute Gasteiger partial charge is 0.385 e. The van der Waals surface area contributed by atoms with Crippen molar-refractivity contribution in [2.24, 2.45) is 11.1 Å². The Hall–Kier alpha value is -1.11. The Morgan fingerprint density at radius 3 is 2.24 bits per heavy atom. The third kappa shape index (κ3) is 5.30. The van der Waals surface area contributed by atoms with E-state index in [1.54, 1.807) is 24.3 Å². The Labute approximate surface area is 128 Å². The molecule has 6 heteroatoms. The van der Waals surface area contributed by atoms with E-state index in [4.69, 9.17) is 5.73 Å². The maximum atomic E-state index is 12.0. The standard InChI is InChI=1S/C15H27N3O2S/c1-15(2,10-5-11-16)12-17-13-6-8-14(9-7-13)21(19,20)18(3)4/h6-9,17H,5,10-12,16H2,1-4H3. The topological polar surface area (TPSA) is 75.4 Å². The highest BCUT2D eigenvalue weighted by atomic mass is 32.2. The Balaban J connectivity index is 2.68. The van der Waals surface area contributed by atoms with Crippen molar-refractivity contribution in [1.82, 2.24) is 4.31 Å². The molecule has 5 nitrogen and oxygen atoms in total. The average Bonchev–Trinajstić information content (AvgIpc) is 2.43. The van der Waals surface area contributed by atoms with E-state index in [1.807, 2.05) is 0 Å². The fraction of sp³-hybridized carbons (Fsp3) is 0.600. The molecule has 120 valence electrons. The lowest BCUT2D eigenvalue weighted by atomic mass is 9.87. The van der Waals surface area contributed by atoms with Gasteiger partial charge in [-0.25, -0.2) is 12.7 Å². The van der Waals surface area contributed by atoms with Crippen LogP contribution in [0.2, 0.25) is 0 Å². The summed E-state index contributed by atoms with van der Waals surface area (Å²) in [4.78, 5) is 0.306. The van der Waals surface area contributed by atoms with Crippen LogP contribution in [0.5, 0.6) is 0 Å². The third-order valence-corrected chi connectivity index (χ3v) is 5.29. The predicted octanol–water partition coefficient (Wildman–Crippen LogP) is 2.11. The van der Waals surface area contributed by atoms with E-state index in [1.165, 1.54) is 18.4 Å². The van der Waals surface area contributed by atoms with Crippen molar-refractivity contribution in [3.05, 3.63) is 24.3 Å². The van der Waals surface area contributed by atoms with Crippen LogP contribution in [0.4, 0.5) is 5.69 Å². The fourth-order valence-electron chi connectivity index (χ4n) is 1.97. The summed E-state index contributed by atoms with van der Waals surface area (Å²) >= 11 is 0. The predicted molar refractivity (Wildman–Crippen MR) is 87.9 cm³/mol. The number of hydrogen-bond donors (Lipinski definition) is 2. The molecular weight excluding hydrogens is 286 g/mol. The maximum absolute atomic E-state index is 12.0. The van der Waals surface area contributed by atoms with Crippen LogP contribution < -0.4 is 11.1 Å². The number of hydrogen-bond acceptors (Lipinski definition) is 4. The molecule has 0 atom stereocenters. The summed E-state index contributed by atoms with van der Waals surface area (Å²) in [6.45, 7) is 5.92. The van der Waals surface area contributed by atoms with E-state index in [0.717, 1.165) is 25.1 Å². The summed E-state index contributed by atoms with van der Waals surface area (Å²) in [6, 6.07) is 6.86. The average molecular weight is 313 g/mol. The lowest BCUT2D eigenvalue weighted by Crippen LogP contribution is -2.24. The molecule has 0 aliphatic rings. The van der Waals surface area contributed by atoms with Crippen molar-refractivity contribution in [3.8, 4) is 0 Å². The molecule has 0 aliphatic carbocycles. The monoisotopic (exact) mass is 313 g/mol. The van der Waals surface area contributed by atoms with Gasteiger partial charge in [0, 0.05) is 26.3 Å². The van der Waals surface area contributed by atoms with E-state index in [2.05, 4.69) is 19.2 Å². The highest BCUT2D eigenvalue weighted by Crippen LogP contribution is 2.23. The van der Waals surface area contributed by atoms with Gasteiger partial charge >= 0.3 is 0 Å². The number of nitrogens with zero attached hydrogens (tertiary/aromatic N) is 1. The summed E-state index contributed by atoms with van der Waals surface area (Å²) in [6.07, 6.45) is 2.07. The second-order valence-electron chi connectivity index (χ2n) is 6.22. The van der Waals surface area contributed by atoms with Gasteiger partial charge in [-0.3, -0.25) is 0 Å². The Bertz CT molecular complexity index is 537. The van der Waals surface area contributed by atoms with Crippen molar-refractivity contribution in [2.45, 2.75) is 31.6 Å². The molecule has 0 aromatic heterocycles. The molecule has 0 heterocycles. The molecule has 0 unspecified atom stereocenters. The van der Waals surface area contributed by atoms with Gasteiger partial charge in [0.2, 0.25) is 10.0 Å². The normalized spacial score (nSPS) is 12.7. The summed E-state index contributed by atoms with van der Waals surface area (Å²) in [5.41, 5.74) is 6.63. The number of nitrogens with two attached hydrogens (primary N) is 1. The molecule has 3 N–H and O–H groups in total. The van der Waals surface area contributed by atoms with Gasteiger partial charge in [-0.15, -0.1) is 0 Å². The van der Waals surface area contributed by atoms with Crippen molar-refractivity contribution in [3.63, 3.8) is 0 Å². The zero-order valence-corrected chi connectivity index (χ0v) is 14.2. The zero-order valence-electron chi connectivity index (χ0n) is 13.4. The van der Waals surface area contributed by atoms with Gasteiger partial charge < -0.3 is 11.1 Å². The molecule has 0 radical (unpaired) electrons. The maximum Gasteiger partial charge on any atom is 0.242 e. The van der Waals surface area contributed by atoms with Crippen LogP contribution in [0, 0.1) is 5.41 Å². The highest BCUT2D eigenvalue weighted by Gasteiger charge is 2.18. The van der Waals surface area contributed by atoms with Crippen LogP contribution in [0.1, 0.15) is 26.7 Å². The summed E-state index contributed by atoms with van der Waals surface area (Å²) in [5, 5.41) is 3.35. The van der Waals surface area contributed by atoms with Gasteiger partial charge in [-0.05, 0) is 49.1 Å². The van der Waals surface area contributed by atoms with Crippen molar-refractivity contribution >= 4 is 15.7 Å². The SMILES string of the molecule is CN(C)S(=O)(=O)c1ccc(NCC(C)(C)CCCN)cc1. The van der Waals surface area contributed by atoms with Crippen molar-refractivity contribution in [1.29, 1.82) is 0 Å². The minimum atomic E-state index is -3.36. The Morgan fingerprint density at radius 2 is 1.76 bits per heavy atom. The van der Waals surface area contributed by atoms with Gasteiger partial charge in [-0.2, -0.15) is 0 Å². The number of anilines is 1. The summed E-state index contributed by atoms with van der Waals surface area (Å²) in [5.74, 6) is 0. The van der Waals surface area contributed by atoms with E-state index >= 15 is 0 Å². The second-order valence-corrected chi connectivity index (χ2v) is 8.37. The second kappa shape index (κ2) is 7.24. The molecule has 0 saturated carbocycles. The molecule has 1 aromatic carbocycles. The quantitative estimate of drug-likeness (QED) is 0.771. The molecule has 1 rings (SSSR count). The van der Waals surface area contributed by atoms with E-state index in [9.17, 15) is 8.42 Å². The summed E-state index contributed by atoms with van der Waals surface area (Å²) < 4.78 is 25.2.